The van der Waals surface area contributed by atoms with Gasteiger partial charge < -0.3 is 16.0 Å². The van der Waals surface area contributed by atoms with Crippen LogP contribution in [0, 0.1) is 0 Å². The molecule has 0 unspecified atom stereocenters. The molecule has 3 rings (SSSR count). The summed E-state index contributed by atoms with van der Waals surface area (Å²) < 4.78 is 0.989. The smallest absolute Gasteiger partial charge is 0.323 e. The van der Waals surface area contributed by atoms with Crippen molar-refractivity contribution in [1.29, 1.82) is 0 Å². The van der Waals surface area contributed by atoms with E-state index in [-0.39, 0.29) is 6.03 Å². The molecule has 0 saturated carbocycles. The fraction of sp³-hybridized carbons (Fsp3) is 0. The Morgan fingerprint density at radius 2 is 1.58 bits per heavy atom. The number of para-hydroxylation sites is 1. The second kappa shape index (κ2) is 7.61. The molecular formula is C18H15BrN4O. The third-order valence-corrected chi connectivity index (χ3v) is 3.64. The van der Waals surface area contributed by atoms with Gasteiger partial charge in [0.1, 0.15) is 5.82 Å². The van der Waals surface area contributed by atoms with Crippen molar-refractivity contribution in [2.45, 2.75) is 0 Å². The third-order valence-electron chi connectivity index (χ3n) is 3.15. The molecule has 1 heterocycles. The van der Waals surface area contributed by atoms with Crippen molar-refractivity contribution >= 4 is 44.8 Å². The van der Waals surface area contributed by atoms with Crippen molar-refractivity contribution in [1.82, 2.24) is 4.98 Å². The minimum atomic E-state index is -0.310. The van der Waals surface area contributed by atoms with E-state index < -0.39 is 0 Å². The van der Waals surface area contributed by atoms with Crippen molar-refractivity contribution in [3.8, 4) is 0 Å². The highest BCUT2D eigenvalue weighted by Crippen LogP contribution is 2.20. The number of nitrogens with one attached hydrogen (secondary N) is 3. The number of pyridine rings is 1. The number of nitrogens with zero attached hydrogens (tertiary/aromatic N) is 1. The number of halogens is 1. The molecule has 0 aliphatic heterocycles. The third kappa shape index (κ3) is 4.57. The number of hydrogen-bond acceptors (Lipinski definition) is 3. The Morgan fingerprint density at radius 3 is 2.29 bits per heavy atom. The molecule has 2 aromatic carbocycles. The Morgan fingerprint density at radius 1 is 0.833 bits per heavy atom. The lowest BCUT2D eigenvalue weighted by molar-refractivity contribution is 0.262. The number of anilines is 4. The zero-order valence-corrected chi connectivity index (χ0v) is 14.2. The molecule has 5 nitrogen and oxygen atoms in total. The molecule has 0 fully saturated rings. The predicted molar refractivity (Wildman–Crippen MR) is 101 cm³/mol. The zero-order valence-electron chi connectivity index (χ0n) is 12.7. The normalized spacial score (nSPS) is 10.0. The minimum absolute atomic E-state index is 0.310. The summed E-state index contributed by atoms with van der Waals surface area (Å²) in [6.07, 6.45) is 1.60. The van der Waals surface area contributed by atoms with E-state index in [1.54, 1.807) is 18.3 Å². The van der Waals surface area contributed by atoms with Crippen LogP contribution >= 0.6 is 15.9 Å². The molecule has 24 heavy (non-hydrogen) atoms. The number of carbonyl (C=O) groups excluding carboxylic acids is 1. The van der Waals surface area contributed by atoms with Crippen LogP contribution in [-0.4, -0.2) is 11.0 Å². The first-order valence-corrected chi connectivity index (χ1v) is 8.10. The molecule has 0 bridgehead atoms. The Kier molecular flexibility index (Phi) is 5.08. The van der Waals surface area contributed by atoms with Crippen molar-refractivity contribution < 1.29 is 4.79 Å². The van der Waals surface area contributed by atoms with Gasteiger partial charge in [-0.3, -0.25) is 0 Å². The number of amides is 2. The lowest BCUT2D eigenvalue weighted by Gasteiger charge is -2.09. The Hall–Kier alpha value is -2.86. The summed E-state index contributed by atoms with van der Waals surface area (Å²) in [5, 5.41) is 8.69. The largest absolute Gasteiger partial charge is 0.340 e. The molecule has 2 amide bonds. The second-order valence-corrected chi connectivity index (χ2v) is 5.93. The molecule has 0 saturated heterocycles. The van der Waals surface area contributed by atoms with Gasteiger partial charge in [-0.1, -0.05) is 40.2 Å². The summed E-state index contributed by atoms with van der Waals surface area (Å²) in [4.78, 5) is 16.2. The molecule has 3 aromatic rings. The average molecular weight is 383 g/mol. The molecule has 0 aliphatic carbocycles. The maximum absolute atomic E-state index is 11.9. The molecular weight excluding hydrogens is 368 g/mol. The van der Waals surface area contributed by atoms with Gasteiger partial charge >= 0.3 is 6.03 Å². The molecule has 0 atom stereocenters. The van der Waals surface area contributed by atoms with Gasteiger partial charge in [0.05, 0.1) is 11.9 Å². The quantitative estimate of drug-likeness (QED) is 0.578. The van der Waals surface area contributed by atoms with E-state index in [2.05, 4.69) is 36.9 Å². The standard InChI is InChI=1S/C18H15BrN4O/c19-13-5-4-8-15(11-13)21-17-10-9-16(12-20-17)23-18(24)22-14-6-2-1-3-7-14/h1-12H,(H,20,21)(H2,22,23,24). The number of benzene rings is 2. The van der Waals surface area contributed by atoms with Crippen molar-refractivity contribution in [3.63, 3.8) is 0 Å². The molecule has 6 heteroatoms. The maximum atomic E-state index is 11.9. The van der Waals surface area contributed by atoms with Gasteiger partial charge in [-0.25, -0.2) is 9.78 Å². The number of hydrogen-bond donors (Lipinski definition) is 3. The first kappa shape index (κ1) is 16.0. The van der Waals surface area contributed by atoms with Crippen LogP contribution in [0.15, 0.2) is 77.4 Å². The highest BCUT2D eigenvalue weighted by atomic mass is 79.9. The van der Waals surface area contributed by atoms with Gasteiger partial charge in [0.25, 0.3) is 0 Å². The molecule has 0 spiro atoms. The second-order valence-electron chi connectivity index (χ2n) is 5.01. The van der Waals surface area contributed by atoms with E-state index in [1.807, 2.05) is 54.6 Å². The first-order chi connectivity index (χ1) is 11.7. The van der Waals surface area contributed by atoms with Crippen LogP contribution < -0.4 is 16.0 Å². The van der Waals surface area contributed by atoms with Gasteiger partial charge in [0.2, 0.25) is 0 Å². The van der Waals surface area contributed by atoms with Crippen LogP contribution in [0.4, 0.5) is 27.7 Å². The van der Waals surface area contributed by atoms with E-state index in [0.29, 0.717) is 11.5 Å². The van der Waals surface area contributed by atoms with Gasteiger partial charge in [-0.05, 0) is 42.5 Å². The summed E-state index contributed by atoms with van der Waals surface area (Å²) in [5.41, 5.74) is 2.28. The Balaban J connectivity index is 1.59. The summed E-state index contributed by atoms with van der Waals surface area (Å²) in [6, 6.07) is 20.3. The van der Waals surface area contributed by atoms with Gasteiger partial charge in [0, 0.05) is 15.8 Å². The molecule has 3 N–H and O–H groups in total. The molecule has 0 radical (unpaired) electrons. The Labute approximate surface area is 148 Å². The van der Waals surface area contributed by atoms with E-state index in [1.165, 1.54) is 0 Å². The fourth-order valence-corrected chi connectivity index (χ4v) is 2.47. The number of carbonyl (C=O) groups is 1. The lowest BCUT2D eigenvalue weighted by atomic mass is 10.3. The predicted octanol–water partition coefficient (Wildman–Crippen LogP) is 5.23. The molecule has 120 valence electrons. The zero-order chi connectivity index (χ0) is 16.8. The lowest BCUT2D eigenvalue weighted by Crippen LogP contribution is -2.19. The summed E-state index contributed by atoms with van der Waals surface area (Å²) >= 11 is 3.43. The summed E-state index contributed by atoms with van der Waals surface area (Å²) in [6.45, 7) is 0. The van der Waals surface area contributed by atoms with Crippen LogP contribution in [0.1, 0.15) is 0 Å². The van der Waals surface area contributed by atoms with E-state index in [9.17, 15) is 4.79 Å². The topological polar surface area (TPSA) is 66.1 Å². The fourth-order valence-electron chi connectivity index (χ4n) is 2.07. The SMILES string of the molecule is O=C(Nc1ccccc1)Nc1ccc(Nc2cccc(Br)c2)nc1. The van der Waals surface area contributed by atoms with E-state index in [0.717, 1.165) is 15.8 Å². The van der Waals surface area contributed by atoms with Crippen LogP contribution in [0.5, 0.6) is 0 Å². The van der Waals surface area contributed by atoms with E-state index >= 15 is 0 Å². The highest BCUT2D eigenvalue weighted by Gasteiger charge is 2.03. The summed E-state index contributed by atoms with van der Waals surface area (Å²) in [7, 11) is 0. The monoisotopic (exact) mass is 382 g/mol. The average Bonchev–Trinajstić information content (AvgIpc) is 2.57. The summed E-state index contributed by atoms with van der Waals surface area (Å²) in [5.74, 6) is 0.696. The minimum Gasteiger partial charge on any atom is -0.340 e. The van der Waals surface area contributed by atoms with Crippen molar-refractivity contribution in [2.75, 3.05) is 16.0 Å². The van der Waals surface area contributed by atoms with Crippen molar-refractivity contribution in [2.24, 2.45) is 0 Å². The number of urea groups is 1. The number of aromatic nitrogens is 1. The van der Waals surface area contributed by atoms with Gasteiger partial charge in [0.15, 0.2) is 0 Å². The van der Waals surface area contributed by atoms with Crippen LogP contribution in [0.25, 0.3) is 0 Å². The van der Waals surface area contributed by atoms with Crippen molar-refractivity contribution in [3.05, 3.63) is 77.4 Å². The van der Waals surface area contributed by atoms with Crippen LogP contribution in [0.2, 0.25) is 0 Å². The number of rotatable bonds is 4. The highest BCUT2D eigenvalue weighted by molar-refractivity contribution is 9.10. The van der Waals surface area contributed by atoms with Gasteiger partial charge in [-0.15, -0.1) is 0 Å². The van der Waals surface area contributed by atoms with Crippen LogP contribution in [0.3, 0.4) is 0 Å². The van der Waals surface area contributed by atoms with Gasteiger partial charge in [-0.2, -0.15) is 0 Å². The first-order valence-electron chi connectivity index (χ1n) is 7.31. The van der Waals surface area contributed by atoms with E-state index in [4.69, 9.17) is 0 Å². The van der Waals surface area contributed by atoms with Crippen LogP contribution in [-0.2, 0) is 0 Å². The molecule has 1 aromatic heterocycles. The Bertz CT molecular complexity index is 822. The molecule has 0 aliphatic rings. The maximum Gasteiger partial charge on any atom is 0.323 e.